The zero-order valence-corrected chi connectivity index (χ0v) is 13.4. The number of methoxy groups -OCH3 is 1. The largest absolute Gasteiger partial charge is 0.491 e. The minimum absolute atomic E-state index is 0.0926. The molecule has 10 heteroatoms. The lowest BCUT2D eigenvalue weighted by Gasteiger charge is -2.09. The number of halogens is 3. The predicted octanol–water partition coefficient (Wildman–Crippen LogP) is 2.02. The van der Waals surface area contributed by atoms with Crippen molar-refractivity contribution in [2.75, 3.05) is 7.11 Å². The van der Waals surface area contributed by atoms with E-state index in [1.807, 2.05) is 0 Å². The van der Waals surface area contributed by atoms with E-state index in [1.165, 1.54) is 4.68 Å². The Labute approximate surface area is 145 Å². The summed E-state index contributed by atoms with van der Waals surface area (Å²) in [6.07, 6.45) is 4.72. The van der Waals surface area contributed by atoms with Gasteiger partial charge < -0.3 is 10.1 Å². The van der Waals surface area contributed by atoms with E-state index in [4.69, 9.17) is 0 Å². The summed E-state index contributed by atoms with van der Waals surface area (Å²) in [7, 11) is 0.972. The van der Waals surface area contributed by atoms with Crippen molar-refractivity contribution in [2.45, 2.75) is 6.54 Å². The standard InChI is InChI=1S/C16H12F3N5O2/c1-26-15-13(18)11(6-12(17)14(15)19)16(25)21-7-9-8-24(23-22-9)10-2-4-20-5-3-10/h2-6,8H,7H2,1H3,(H,21,25). The number of benzene rings is 1. The van der Waals surface area contributed by atoms with Crippen molar-refractivity contribution in [3.63, 3.8) is 0 Å². The molecular weight excluding hydrogens is 351 g/mol. The first-order chi connectivity index (χ1) is 12.5. The molecule has 0 fully saturated rings. The van der Waals surface area contributed by atoms with Crippen molar-refractivity contribution in [3.05, 3.63) is 65.5 Å². The summed E-state index contributed by atoms with van der Waals surface area (Å²) in [5.41, 5.74) is 0.411. The Morgan fingerprint density at radius 3 is 2.65 bits per heavy atom. The van der Waals surface area contributed by atoms with Gasteiger partial charge in [0.1, 0.15) is 5.69 Å². The summed E-state index contributed by atoms with van der Waals surface area (Å²) in [5.74, 6) is -6.08. The number of carbonyl (C=O) groups is 1. The average Bonchev–Trinajstić information content (AvgIpc) is 3.13. The predicted molar refractivity (Wildman–Crippen MR) is 83.2 cm³/mol. The summed E-state index contributed by atoms with van der Waals surface area (Å²) in [6.45, 7) is -0.0926. The maximum atomic E-state index is 14.1. The maximum Gasteiger partial charge on any atom is 0.254 e. The number of rotatable bonds is 5. The average molecular weight is 363 g/mol. The normalized spacial score (nSPS) is 10.6. The van der Waals surface area contributed by atoms with Gasteiger partial charge in [0.05, 0.1) is 31.1 Å². The molecule has 134 valence electrons. The van der Waals surface area contributed by atoms with Gasteiger partial charge in [-0.2, -0.15) is 4.39 Å². The van der Waals surface area contributed by atoms with E-state index in [9.17, 15) is 18.0 Å². The molecule has 7 nitrogen and oxygen atoms in total. The third kappa shape index (κ3) is 3.34. The van der Waals surface area contributed by atoms with Gasteiger partial charge in [-0.25, -0.2) is 13.5 Å². The van der Waals surface area contributed by atoms with Crippen molar-refractivity contribution in [3.8, 4) is 11.4 Å². The monoisotopic (exact) mass is 363 g/mol. The fourth-order valence-corrected chi connectivity index (χ4v) is 2.19. The second-order valence-electron chi connectivity index (χ2n) is 5.11. The van der Waals surface area contributed by atoms with Crippen LogP contribution in [0.15, 0.2) is 36.8 Å². The molecule has 0 atom stereocenters. The molecule has 0 radical (unpaired) electrons. The summed E-state index contributed by atoms with van der Waals surface area (Å²) >= 11 is 0. The van der Waals surface area contributed by atoms with E-state index >= 15 is 0 Å². The molecule has 0 unspecified atom stereocenters. The van der Waals surface area contributed by atoms with Crippen molar-refractivity contribution in [2.24, 2.45) is 0 Å². The van der Waals surface area contributed by atoms with Crippen LogP contribution in [-0.4, -0.2) is 33.0 Å². The number of hydrogen-bond acceptors (Lipinski definition) is 5. The van der Waals surface area contributed by atoms with Crippen LogP contribution < -0.4 is 10.1 Å². The number of nitrogens with zero attached hydrogens (tertiary/aromatic N) is 4. The Morgan fingerprint density at radius 2 is 1.96 bits per heavy atom. The lowest BCUT2D eigenvalue weighted by Crippen LogP contribution is -2.24. The molecule has 3 rings (SSSR count). The number of ether oxygens (including phenoxy) is 1. The minimum Gasteiger partial charge on any atom is -0.491 e. The van der Waals surface area contributed by atoms with Gasteiger partial charge in [0.25, 0.3) is 5.91 Å². The smallest absolute Gasteiger partial charge is 0.254 e. The molecule has 0 saturated heterocycles. The highest BCUT2D eigenvalue weighted by molar-refractivity contribution is 5.94. The van der Waals surface area contributed by atoms with Crippen molar-refractivity contribution in [1.29, 1.82) is 0 Å². The molecular formula is C16H12F3N5O2. The van der Waals surface area contributed by atoms with Gasteiger partial charge in [-0.1, -0.05) is 5.21 Å². The van der Waals surface area contributed by atoms with E-state index in [0.29, 0.717) is 17.4 Å². The van der Waals surface area contributed by atoms with Crippen LogP contribution in [0.3, 0.4) is 0 Å². The zero-order chi connectivity index (χ0) is 18.7. The third-order valence-corrected chi connectivity index (χ3v) is 3.46. The highest BCUT2D eigenvalue weighted by Gasteiger charge is 2.23. The summed E-state index contributed by atoms with van der Waals surface area (Å²) in [4.78, 5) is 16.0. The number of pyridine rings is 1. The Balaban J connectivity index is 1.74. The SMILES string of the molecule is COc1c(F)c(F)cc(C(=O)NCc2cn(-c3ccncc3)nn2)c1F. The second kappa shape index (κ2) is 7.21. The molecule has 1 aromatic carbocycles. The molecule has 1 amide bonds. The van der Waals surface area contributed by atoms with E-state index in [2.05, 4.69) is 25.3 Å². The van der Waals surface area contributed by atoms with Crippen LogP contribution in [0.2, 0.25) is 0 Å². The van der Waals surface area contributed by atoms with Crippen LogP contribution in [0.1, 0.15) is 16.1 Å². The van der Waals surface area contributed by atoms with Crippen molar-refractivity contribution in [1.82, 2.24) is 25.3 Å². The summed E-state index contributed by atoms with van der Waals surface area (Å²) < 4.78 is 46.9. The third-order valence-electron chi connectivity index (χ3n) is 3.46. The highest BCUT2D eigenvalue weighted by atomic mass is 19.2. The molecule has 0 saturated carbocycles. The Bertz CT molecular complexity index is 947. The fraction of sp³-hybridized carbons (Fsp3) is 0.125. The summed E-state index contributed by atoms with van der Waals surface area (Å²) in [6, 6.07) is 3.89. The molecule has 26 heavy (non-hydrogen) atoms. The van der Waals surface area contributed by atoms with Gasteiger partial charge in [0.15, 0.2) is 17.4 Å². The van der Waals surface area contributed by atoms with Crippen LogP contribution in [0.4, 0.5) is 13.2 Å². The number of amides is 1. The van der Waals surface area contributed by atoms with Gasteiger partial charge in [-0.3, -0.25) is 9.78 Å². The first-order valence-corrected chi connectivity index (χ1v) is 7.32. The highest BCUT2D eigenvalue weighted by Crippen LogP contribution is 2.26. The first-order valence-electron chi connectivity index (χ1n) is 7.32. The Hall–Kier alpha value is -3.43. The molecule has 2 aromatic heterocycles. The molecule has 0 aliphatic carbocycles. The molecule has 0 spiro atoms. The van der Waals surface area contributed by atoms with Gasteiger partial charge in [0.2, 0.25) is 5.82 Å². The van der Waals surface area contributed by atoms with E-state index in [-0.39, 0.29) is 6.54 Å². The number of hydrogen-bond donors (Lipinski definition) is 1. The molecule has 3 aromatic rings. The van der Waals surface area contributed by atoms with Crippen LogP contribution >= 0.6 is 0 Å². The quantitative estimate of drug-likeness (QED) is 0.702. The van der Waals surface area contributed by atoms with Crippen molar-refractivity contribution < 1.29 is 22.7 Å². The maximum absolute atomic E-state index is 14.1. The topological polar surface area (TPSA) is 81.9 Å². The van der Waals surface area contributed by atoms with E-state index < -0.39 is 34.7 Å². The minimum atomic E-state index is -1.50. The molecule has 0 bridgehead atoms. The number of nitrogens with one attached hydrogen (secondary N) is 1. The lowest BCUT2D eigenvalue weighted by molar-refractivity contribution is 0.0944. The van der Waals surface area contributed by atoms with Gasteiger partial charge >= 0.3 is 0 Å². The van der Waals surface area contributed by atoms with Gasteiger partial charge in [0, 0.05) is 12.4 Å². The molecule has 0 aliphatic rings. The van der Waals surface area contributed by atoms with Crippen LogP contribution in [0.5, 0.6) is 5.75 Å². The van der Waals surface area contributed by atoms with Crippen LogP contribution in [0.25, 0.3) is 5.69 Å². The molecule has 2 heterocycles. The van der Waals surface area contributed by atoms with Crippen molar-refractivity contribution >= 4 is 5.91 Å². The van der Waals surface area contributed by atoms with Gasteiger partial charge in [-0.05, 0) is 18.2 Å². The second-order valence-corrected chi connectivity index (χ2v) is 5.11. The first kappa shape index (κ1) is 17.4. The zero-order valence-electron chi connectivity index (χ0n) is 13.4. The van der Waals surface area contributed by atoms with E-state index in [0.717, 1.165) is 7.11 Å². The summed E-state index contributed by atoms with van der Waals surface area (Å²) in [5, 5.41) is 10.1. The Morgan fingerprint density at radius 1 is 1.23 bits per heavy atom. The lowest BCUT2D eigenvalue weighted by atomic mass is 10.1. The Kier molecular flexibility index (Phi) is 4.83. The molecule has 1 N–H and O–H groups in total. The van der Waals surface area contributed by atoms with Crippen LogP contribution in [-0.2, 0) is 6.54 Å². The fourth-order valence-electron chi connectivity index (χ4n) is 2.19. The molecule has 0 aliphatic heterocycles. The van der Waals surface area contributed by atoms with Crippen LogP contribution in [0, 0.1) is 17.5 Å². The number of aromatic nitrogens is 4. The van der Waals surface area contributed by atoms with Gasteiger partial charge in [-0.15, -0.1) is 5.10 Å². The van der Waals surface area contributed by atoms with E-state index in [1.54, 1.807) is 30.7 Å². The number of carbonyl (C=O) groups excluding carboxylic acids is 1.